The topological polar surface area (TPSA) is 54.7 Å². The zero-order chi connectivity index (χ0) is 16.5. The van der Waals surface area contributed by atoms with E-state index in [4.69, 9.17) is 5.73 Å². The summed E-state index contributed by atoms with van der Waals surface area (Å²) in [5, 5.41) is 7.62. The van der Waals surface area contributed by atoms with Crippen LogP contribution in [0.1, 0.15) is 74.5 Å². The lowest BCUT2D eigenvalue weighted by atomic mass is 9.82. The van der Waals surface area contributed by atoms with Crippen molar-refractivity contribution in [1.82, 2.24) is 10.2 Å². The monoisotopic (exact) mass is 299 g/mol. The second-order valence-corrected chi connectivity index (χ2v) is 7.51. The number of rotatable bonds is 4. The Kier molecular flexibility index (Phi) is 4.76. The molecule has 3 N–H and O–H groups in total. The first-order chi connectivity index (χ1) is 10.2. The van der Waals surface area contributed by atoms with Gasteiger partial charge in [-0.05, 0) is 41.0 Å². The first-order valence-corrected chi connectivity index (χ1v) is 8.10. The Hall–Kier alpha value is -1.61. The van der Waals surface area contributed by atoms with E-state index in [9.17, 15) is 0 Å². The lowest BCUT2D eigenvalue weighted by molar-refractivity contribution is 0.588. The fourth-order valence-electron chi connectivity index (χ4n) is 2.73. The molecule has 3 nitrogen and oxygen atoms in total. The molecule has 0 saturated heterocycles. The Labute approximate surface area is 134 Å². The Morgan fingerprint density at radius 2 is 1.86 bits per heavy atom. The third-order valence-corrected chi connectivity index (χ3v) is 4.34. The van der Waals surface area contributed by atoms with Gasteiger partial charge >= 0.3 is 0 Å². The summed E-state index contributed by atoms with van der Waals surface area (Å²) in [6.07, 6.45) is 0. The van der Waals surface area contributed by atoms with Gasteiger partial charge in [0.15, 0.2) is 0 Å². The molecule has 0 saturated carbocycles. The van der Waals surface area contributed by atoms with Crippen molar-refractivity contribution in [1.29, 1.82) is 0 Å². The molecule has 2 rings (SSSR count). The van der Waals surface area contributed by atoms with Gasteiger partial charge in [0.25, 0.3) is 0 Å². The first kappa shape index (κ1) is 16.8. The maximum atomic E-state index is 6.10. The Morgan fingerprint density at radius 3 is 2.36 bits per heavy atom. The summed E-state index contributed by atoms with van der Waals surface area (Å²) in [6.45, 7) is 13.8. The number of nitrogens with two attached hydrogens (primary N) is 1. The van der Waals surface area contributed by atoms with Crippen molar-refractivity contribution in [2.75, 3.05) is 6.54 Å². The summed E-state index contributed by atoms with van der Waals surface area (Å²) in [6, 6.07) is 8.89. The number of H-pyrrole nitrogens is 1. The molecule has 1 heterocycles. The van der Waals surface area contributed by atoms with E-state index < -0.39 is 0 Å². The molecule has 1 atom stereocenters. The smallest absolute Gasteiger partial charge is 0.0650 e. The molecule has 0 aliphatic heterocycles. The van der Waals surface area contributed by atoms with E-state index in [-0.39, 0.29) is 11.3 Å². The Balaban J connectivity index is 2.46. The summed E-state index contributed by atoms with van der Waals surface area (Å²) in [5.74, 6) is 0.590. The largest absolute Gasteiger partial charge is 0.329 e. The number of nitrogens with one attached hydrogen (secondary N) is 1. The van der Waals surface area contributed by atoms with Crippen LogP contribution in [0.15, 0.2) is 24.3 Å². The van der Waals surface area contributed by atoms with Gasteiger partial charge < -0.3 is 5.73 Å². The highest BCUT2D eigenvalue weighted by Crippen LogP contribution is 2.31. The number of hydrogen-bond acceptors (Lipinski definition) is 2. The van der Waals surface area contributed by atoms with Crippen molar-refractivity contribution in [3.63, 3.8) is 0 Å². The summed E-state index contributed by atoms with van der Waals surface area (Å²) < 4.78 is 0. The quantitative estimate of drug-likeness (QED) is 0.887. The van der Waals surface area contributed by atoms with Crippen LogP contribution in [0, 0.1) is 6.92 Å². The minimum Gasteiger partial charge on any atom is -0.329 e. The van der Waals surface area contributed by atoms with Gasteiger partial charge in [0.2, 0.25) is 0 Å². The third-order valence-electron chi connectivity index (χ3n) is 4.34. The van der Waals surface area contributed by atoms with Gasteiger partial charge in [-0.1, -0.05) is 52.8 Å². The Morgan fingerprint density at radius 1 is 1.18 bits per heavy atom. The van der Waals surface area contributed by atoms with Crippen LogP contribution in [0.4, 0.5) is 0 Å². The van der Waals surface area contributed by atoms with E-state index in [1.165, 1.54) is 16.7 Å². The van der Waals surface area contributed by atoms with Gasteiger partial charge in [0.05, 0.1) is 5.69 Å². The molecule has 2 aromatic rings. The SMILES string of the molecule is Cc1ccc(C(C)(C)C)cc1C(CN)c1cc(C(C)C)n[nH]1. The number of hydrogen-bond donors (Lipinski definition) is 2. The molecule has 3 heteroatoms. The molecule has 1 aromatic heterocycles. The van der Waals surface area contributed by atoms with E-state index in [0.717, 1.165) is 11.4 Å². The second kappa shape index (κ2) is 6.25. The van der Waals surface area contributed by atoms with E-state index in [1.807, 2.05) is 0 Å². The summed E-state index contributed by atoms with van der Waals surface area (Å²) >= 11 is 0. The minimum atomic E-state index is 0.138. The molecular weight excluding hydrogens is 270 g/mol. The number of aromatic nitrogens is 2. The number of benzene rings is 1. The van der Waals surface area contributed by atoms with Gasteiger partial charge in [-0.15, -0.1) is 0 Å². The predicted molar refractivity (Wildman–Crippen MR) is 93.5 cm³/mol. The van der Waals surface area contributed by atoms with Crippen molar-refractivity contribution >= 4 is 0 Å². The summed E-state index contributed by atoms with van der Waals surface area (Å²) in [7, 11) is 0. The van der Waals surface area contributed by atoms with Crippen molar-refractivity contribution in [2.45, 2.75) is 58.8 Å². The minimum absolute atomic E-state index is 0.138. The van der Waals surface area contributed by atoms with E-state index in [0.29, 0.717) is 12.5 Å². The molecule has 0 aliphatic rings. The maximum Gasteiger partial charge on any atom is 0.0650 e. The highest BCUT2D eigenvalue weighted by Gasteiger charge is 2.21. The molecule has 0 radical (unpaired) electrons. The van der Waals surface area contributed by atoms with Crippen LogP contribution in [0.25, 0.3) is 0 Å². The van der Waals surface area contributed by atoms with Crippen LogP contribution < -0.4 is 5.73 Å². The fraction of sp³-hybridized carbons (Fsp3) is 0.526. The first-order valence-electron chi connectivity index (χ1n) is 8.10. The zero-order valence-electron chi connectivity index (χ0n) is 14.7. The van der Waals surface area contributed by atoms with Gasteiger partial charge in [0, 0.05) is 18.2 Å². The third kappa shape index (κ3) is 3.41. The molecule has 0 bridgehead atoms. The van der Waals surface area contributed by atoms with Crippen LogP contribution in [0.2, 0.25) is 0 Å². The summed E-state index contributed by atoms with van der Waals surface area (Å²) in [5.41, 5.74) is 12.4. The fourth-order valence-corrected chi connectivity index (χ4v) is 2.73. The van der Waals surface area contributed by atoms with Crippen LogP contribution in [-0.2, 0) is 5.41 Å². The Bertz CT molecular complexity index is 632. The molecule has 22 heavy (non-hydrogen) atoms. The van der Waals surface area contributed by atoms with Crippen molar-refractivity contribution < 1.29 is 0 Å². The van der Waals surface area contributed by atoms with E-state index in [2.05, 4.69) is 76.0 Å². The van der Waals surface area contributed by atoms with Gasteiger partial charge in [-0.2, -0.15) is 5.10 Å². The average Bonchev–Trinajstić information content (AvgIpc) is 2.90. The van der Waals surface area contributed by atoms with Crippen molar-refractivity contribution in [2.24, 2.45) is 5.73 Å². The van der Waals surface area contributed by atoms with Gasteiger partial charge in [-0.25, -0.2) is 0 Å². The van der Waals surface area contributed by atoms with E-state index >= 15 is 0 Å². The number of aromatic amines is 1. The average molecular weight is 299 g/mol. The van der Waals surface area contributed by atoms with Gasteiger partial charge in [0.1, 0.15) is 0 Å². The molecule has 0 fully saturated rings. The van der Waals surface area contributed by atoms with Crippen molar-refractivity contribution in [3.8, 4) is 0 Å². The second-order valence-electron chi connectivity index (χ2n) is 7.51. The molecule has 1 aromatic carbocycles. The van der Waals surface area contributed by atoms with Crippen LogP contribution >= 0.6 is 0 Å². The lowest BCUT2D eigenvalue weighted by Crippen LogP contribution is -2.18. The molecule has 0 aliphatic carbocycles. The van der Waals surface area contributed by atoms with E-state index in [1.54, 1.807) is 0 Å². The molecule has 0 spiro atoms. The lowest BCUT2D eigenvalue weighted by Gasteiger charge is -2.23. The maximum absolute atomic E-state index is 6.10. The summed E-state index contributed by atoms with van der Waals surface area (Å²) in [4.78, 5) is 0. The number of nitrogens with zero attached hydrogens (tertiary/aromatic N) is 1. The standard InChI is InChI=1S/C19H29N3/c1-12(2)17-10-18(22-21-17)16(11-20)15-9-14(19(4,5)6)8-7-13(15)3/h7-10,12,16H,11,20H2,1-6H3,(H,21,22). The molecule has 120 valence electrons. The predicted octanol–water partition coefficient (Wildman–Crippen LogP) is 4.23. The van der Waals surface area contributed by atoms with Crippen molar-refractivity contribution in [3.05, 3.63) is 52.3 Å². The number of aryl methyl sites for hydroxylation is 1. The van der Waals surface area contributed by atoms with Gasteiger partial charge in [-0.3, -0.25) is 5.10 Å². The molecule has 1 unspecified atom stereocenters. The van der Waals surface area contributed by atoms with Crippen LogP contribution in [0.3, 0.4) is 0 Å². The highest BCUT2D eigenvalue weighted by molar-refractivity contribution is 5.40. The normalized spacial score (nSPS) is 13.6. The van der Waals surface area contributed by atoms with Crippen LogP contribution in [-0.4, -0.2) is 16.7 Å². The zero-order valence-corrected chi connectivity index (χ0v) is 14.7. The van der Waals surface area contributed by atoms with Crippen LogP contribution in [0.5, 0.6) is 0 Å². The highest BCUT2D eigenvalue weighted by atomic mass is 15.1. The molecular formula is C19H29N3. The molecule has 0 amide bonds.